The third-order valence-electron chi connectivity index (χ3n) is 3.36. The van der Waals surface area contributed by atoms with Crippen LogP contribution in [-0.2, 0) is 15.8 Å². The van der Waals surface area contributed by atoms with E-state index in [2.05, 4.69) is 4.72 Å². The lowest BCUT2D eigenvalue weighted by molar-refractivity contribution is 0.373. The number of hydrogen-bond acceptors (Lipinski definition) is 3. The van der Waals surface area contributed by atoms with Gasteiger partial charge >= 0.3 is 0 Å². The monoisotopic (exact) mass is 322 g/mol. The predicted octanol–water partition coefficient (Wildman–Crippen LogP) is 1.94. The van der Waals surface area contributed by atoms with Crippen LogP contribution in [0.2, 0.25) is 0 Å². The van der Waals surface area contributed by atoms with Crippen LogP contribution in [0.4, 0.5) is 4.39 Å². The molecule has 0 heterocycles. The van der Waals surface area contributed by atoms with Gasteiger partial charge in [0.05, 0.1) is 5.75 Å². The Morgan fingerprint density at radius 3 is 2.50 bits per heavy atom. The van der Waals surface area contributed by atoms with Gasteiger partial charge in [-0.3, -0.25) is 0 Å². The fraction of sp³-hybridized carbons (Fsp3) is 0.538. The van der Waals surface area contributed by atoms with Crippen LogP contribution in [-0.4, -0.2) is 20.5 Å². The van der Waals surface area contributed by atoms with Gasteiger partial charge in [-0.2, -0.15) is 0 Å². The standard InChI is InChI=1S/C13H19FN2O2S.ClH/c14-11-3-1-2-10(8-11)9-19(17,18)16-13-6-4-12(15)5-7-13;/h1-3,8,12-13,16H,4-7,9,15H2;1H. The van der Waals surface area contributed by atoms with Crippen LogP contribution >= 0.6 is 12.4 Å². The summed E-state index contributed by atoms with van der Waals surface area (Å²) in [6.07, 6.45) is 3.22. The molecule has 1 aromatic carbocycles. The number of halogens is 2. The molecule has 0 atom stereocenters. The maximum absolute atomic E-state index is 13.0. The number of hydrogen-bond donors (Lipinski definition) is 2. The van der Waals surface area contributed by atoms with Gasteiger partial charge in [0, 0.05) is 12.1 Å². The lowest BCUT2D eigenvalue weighted by Crippen LogP contribution is -2.40. The van der Waals surface area contributed by atoms with E-state index in [0.717, 1.165) is 25.7 Å². The normalized spacial score (nSPS) is 23.1. The number of benzene rings is 1. The van der Waals surface area contributed by atoms with Crippen LogP contribution in [0.25, 0.3) is 0 Å². The molecule has 0 aromatic heterocycles. The Kier molecular flexibility index (Phi) is 6.39. The number of nitrogens with two attached hydrogens (primary N) is 1. The van der Waals surface area contributed by atoms with E-state index in [-0.39, 0.29) is 30.2 Å². The maximum atomic E-state index is 13.0. The van der Waals surface area contributed by atoms with Crippen molar-refractivity contribution in [2.75, 3.05) is 0 Å². The van der Waals surface area contributed by atoms with Crippen LogP contribution in [0.1, 0.15) is 31.2 Å². The van der Waals surface area contributed by atoms with E-state index in [4.69, 9.17) is 5.73 Å². The smallest absolute Gasteiger partial charge is 0.216 e. The second-order valence-electron chi connectivity index (χ2n) is 5.12. The minimum Gasteiger partial charge on any atom is -0.328 e. The van der Waals surface area contributed by atoms with Gasteiger partial charge in [0.2, 0.25) is 10.0 Å². The largest absolute Gasteiger partial charge is 0.328 e. The quantitative estimate of drug-likeness (QED) is 0.889. The second-order valence-corrected chi connectivity index (χ2v) is 6.87. The lowest BCUT2D eigenvalue weighted by atomic mass is 9.93. The Labute approximate surface area is 125 Å². The predicted molar refractivity (Wildman–Crippen MR) is 79.6 cm³/mol. The summed E-state index contributed by atoms with van der Waals surface area (Å²) < 4.78 is 39.7. The fourth-order valence-corrected chi connectivity index (χ4v) is 3.82. The molecular weight excluding hydrogens is 303 g/mol. The molecule has 114 valence electrons. The van der Waals surface area contributed by atoms with Crippen LogP contribution in [0.3, 0.4) is 0 Å². The Hall–Kier alpha value is -0.690. The molecule has 4 nitrogen and oxygen atoms in total. The van der Waals surface area contributed by atoms with Crippen molar-refractivity contribution in [1.82, 2.24) is 4.72 Å². The van der Waals surface area contributed by atoms with Crippen LogP contribution in [0.5, 0.6) is 0 Å². The molecule has 1 fully saturated rings. The molecule has 0 spiro atoms. The van der Waals surface area contributed by atoms with E-state index in [0.29, 0.717) is 5.56 Å². The average molecular weight is 323 g/mol. The summed E-state index contributed by atoms with van der Waals surface area (Å²) in [5, 5.41) is 0. The minimum absolute atomic E-state index is 0. The molecule has 20 heavy (non-hydrogen) atoms. The van der Waals surface area contributed by atoms with Crippen molar-refractivity contribution >= 4 is 22.4 Å². The zero-order chi connectivity index (χ0) is 13.9. The molecule has 1 aliphatic carbocycles. The fourth-order valence-electron chi connectivity index (χ4n) is 2.38. The van der Waals surface area contributed by atoms with Gasteiger partial charge < -0.3 is 5.73 Å². The summed E-state index contributed by atoms with van der Waals surface area (Å²) in [5.74, 6) is -0.607. The van der Waals surface area contributed by atoms with Crippen molar-refractivity contribution in [2.45, 2.75) is 43.5 Å². The summed E-state index contributed by atoms with van der Waals surface area (Å²) >= 11 is 0. The van der Waals surface area contributed by atoms with Crippen molar-refractivity contribution in [3.05, 3.63) is 35.6 Å². The Balaban J connectivity index is 0.00000200. The first kappa shape index (κ1) is 17.4. The van der Waals surface area contributed by atoms with Gasteiger partial charge in [0.1, 0.15) is 5.82 Å². The zero-order valence-corrected chi connectivity index (χ0v) is 12.7. The molecule has 0 bridgehead atoms. The number of nitrogens with one attached hydrogen (secondary N) is 1. The average Bonchev–Trinajstić information content (AvgIpc) is 2.31. The van der Waals surface area contributed by atoms with Crippen LogP contribution in [0.15, 0.2) is 24.3 Å². The molecule has 0 unspecified atom stereocenters. The van der Waals surface area contributed by atoms with Crippen molar-refractivity contribution in [3.63, 3.8) is 0 Å². The molecule has 7 heteroatoms. The third-order valence-corrected chi connectivity index (χ3v) is 4.77. The summed E-state index contributed by atoms with van der Waals surface area (Å²) in [6.45, 7) is 0. The number of sulfonamides is 1. The van der Waals surface area contributed by atoms with Gasteiger partial charge in [0.25, 0.3) is 0 Å². The highest BCUT2D eigenvalue weighted by Crippen LogP contribution is 2.18. The highest BCUT2D eigenvalue weighted by molar-refractivity contribution is 7.88. The van der Waals surface area contributed by atoms with Gasteiger partial charge in [-0.1, -0.05) is 12.1 Å². The number of rotatable bonds is 4. The van der Waals surface area contributed by atoms with Crippen molar-refractivity contribution in [3.8, 4) is 0 Å². The molecule has 2 rings (SSSR count). The molecule has 0 saturated heterocycles. The van der Waals surface area contributed by atoms with E-state index in [1.165, 1.54) is 18.2 Å². The van der Waals surface area contributed by atoms with Crippen molar-refractivity contribution < 1.29 is 12.8 Å². The van der Waals surface area contributed by atoms with Gasteiger partial charge in [-0.05, 0) is 43.4 Å². The van der Waals surface area contributed by atoms with E-state index in [1.54, 1.807) is 6.07 Å². The van der Waals surface area contributed by atoms with E-state index < -0.39 is 15.8 Å². The maximum Gasteiger partial charge on any atom is 0.216 e. The first-order valence-corrected chi connectivity index (χ1v) is 8.10. The van der Waals surface area contributed by atoms with E-state index >= 15 is 0 Å². The topological polar surface area (TPSA) is 72.2 Å². The Bertz CT molecular complexity index is 531. The lowest BCUT2D eigenvalue weighted by Gasteiger charge is -2.26. The molecule has 0 radical (unpaired) electrons. The molecule has 1 aromatic rings. The molecule has 0 aliphatic heterocycles. The van der Waals surface area contributed by atoms with Crippen molar-refractivity contribution in [2.24, 2.45) is 5.73 Å². The first-order valence-electron chi connectivity index (χ1n) is 6.45. The molecule has 1 aliphatic rings. The minimum atomic E-state index is -3.43. The summed E-state index contributed by atoms with van der Waals surface area (Å²) in [7, 11) is -3.43. The summed E-state index contributed by atoms with van der Waals surface area (Å²) in [5.41, 5.74) is 6.24. The summed E-state index contributed by atoms with van der Waals surface area (Å²) in [6, 6.07) is 5.81. The highest BCUT2D eigenvalue weighted by Gasteiger charge is 2.23. The second kappa shape index (κ2) is 7.36. The highest BCUT2D eigenvalue weighted by atomic mass is 35.5. The summed E-state index contributed by atoms with van der Waals surface area (Å²) in [4.78, 5) is 0. The van der Waals surface area contributed by atoms with Crippen LogP contribution < -0.4 is 10.5 Å². The van der Waals surface area contributed by atoms with Gasteiger partial charge in [-0.25, -0.2) is 17.5 Å². The van der Waals surface area contributed by atoms with E-state index in [9.17, 15) is 12.8 Å². The molecule has 1 saturated carbocycles. The Morgan fingerprint density at radius 1 is 1.25 bits per heavy atom. The molecular formula is C13H20ClFN2O2S. The van der Waals surface area contributed by atoms with Crippen molar-refractivity contribution in [1.29, 1.82) is 0 Å². The molecule has 3 N–H and O–H groups in total. The SMILES string of the molecule is Cl.NC1CCC(NS(=O)(=O)Cc2cccc(F)c2)CC1. The van der Waals surface area contributed by atoms with Gasteiger partial charge in [-0.15, -0.1) is 12.4 Å². The van der Waals surface area contributed by atoms with Gasteiger partial charge in [0.15, 0.2) is 0 Å². The van der Waals surface area contributed by atoms with E-state index in [1.807, 2.05) is 0 Å². The first-order chi connectivity index (χ1) is 8.94. The van der Waals surface area contributed by atoms with Crippen LogP contribution in [0, 0.1) is 5.82 Å². The Morgan fingerprint density at radius 2 is 1.90 bits per heavy atom. The molecule has 0 amide bonds. The zero-order valence-electron chi connectivity index (χ0n) is 11.1. The third kappa shape index (κ3) is 5.36.